The smallest absolute Gasteiger partial charge is 0.227 e. The number of nitrogens with one attached hydrogen (secondary N) is 1. The van der Waals surface area contributed by atoms with Crippen molar-refractivity contribution in [2.75, 3.05) is 26.2 Å². The summed E-state index contributed by atoms with van der Waals surface area (Å²) >= 11 is 0. The first-order valence-electron chi connectivity index (χ1n) is 6.82. The van der Waals surface area contributed by atoms with Crippen LogP contribution in [0.4, 0.5) is 0 Å². The lowest BCUT2D eigenvalue weighted by molar-refractivity contribution is -0.136. The number of hydrogen-bond acceptors (Lipinski definition) is 3. The van der Waals surface area contributed by atoms with Gasteiger partial charge in [0.05, 0.1) is 12.5 Å². The minimum absolute atomic E-state index is 0.0615. The molecular formula is C13H26N2O2. The monoisotopic (exact) mass is 242 g/mol. The zero-order valence-corrected chi connectivity index (χ0v) is 11.1. The molecule has 2 unspecified atom stereocenters. The van der Waals surface area contributed by atoms with Crippen molar-refractivity contribution >= 4 is 5.91 Å². The summed E-state index contributed by atoms with van der Waals surface area (Å²) in [5, 5.41) is 12.4. The molecule has 4 nitrogen and oxygen atoms in total. The van der Waals surface area contributed by atoms with Crippen molar-refractivity contribution in [1.29, 1.82) is 0 Å². The van der Waals surface area contributed by atoms with Gasteiger partial charge in [-0.3, -0.25) is 4.79 Å². The molecular weight excluding hydrogens is 216 g/mol. The molecule has 0 aromatic heterocycles. The van der Waals surface area contributed by atoms with Gasteiger partial charge < -0.3 is 15.3 Å². The molecule has 0 aromatic carbocycles. The van der Waals surface area contributed by atoms with Crippen molar-refractivity contribution in [3.63, 3.8) is 0 Å². The van der Waals surface area contributed by atoms with Gasteiger partial charge in [0.2, 0.25) is 5.91 Å². The first kappa shape index (κ1) is 14.5. The first-order chi connectivity index (χ1) is 8.19. The van der Waals surface area contributed by atoms with Crippen LogP contribution in [0.15, 0.2) is 0 Å². The SMILES string of the molecule is CCCCN(CCO)C(=O)C1CCC(C)NC1. The van der Waals surface area contributed by atoms with Gasteiger partial charge >= 0.3 is 0 Å². The van der Waals surface area contributed by atoms with Crippen molar-refractivity contribution in [3.05, 3.63) is 0 Å². The average Bonchev–Trinajstić information content (AvgIpc) is 2.34. The molecule has 0 radical (unpaired) electrons. The highest BCUT2D eigenvalue weighted by molar-refractivity contribution is 5.79. The lowest BCUT2D eigenvalue weighted by Crippen LogP contribution is -2.46. The van der Waals surface area contributed by atoms with E-state index in [0.29, 0.717) is 12.6 Å². The molecule has 0 spiro atoms. The Labute approximate surface area is 104 Å². The highest BCUT2D eigenvalue weighted by atomic mass is 16.3. The minimum atomic E-state index is 0.0615. The second kappa shape index (κ2) is 7.67. The van der Waals surface area contributed by atoms with Gasteiger partial charge in [-0.1, -0.05) is 13.3 Å². The molecule has 4 heteroatoms. The van der Waals surface area contributed by atoms with E-state index in [1.807, 2.05) is 4.90 Å². The Morgan fingerprint density at radius 1 is 1.41 bits per heavy atom. The lowest BCUT2D eigenvalue weighted by atomic mass is 9.94. The van der Waals surface area contributed by atoms with Crippen LogP contribution in [0, 0.1) is 5.92 Å². The van der Waals surface area contributed by atoms with Crippen LogP contribution in [0.2, 0.25) is 0 Å². The minimum Gasteiger partial charge on any atom is -0.395 e. The van der Waals surface area contributed by atoms with Crippen molar-refractivity contribution in [3.8, 4) is 0 Å². The summed E-state index contributed by atoms with van der Waals surface area (Å²) in [5.41, 5.74) is 0. The van der Waals surface area contributed by atoms with Crippen LogP contribution in [0.25, 0.3) is 0 Å². The molecule has 2 N–H and O–H groups in total. The van der Waals surface area contributed by atoms with E-state index >= 15 is 0 Å². The predicted molar refractivity (Wildman–Crippen MR) is 68.8 cm³/mol. The Hall–Kier alpha value is -0.610. The third-order valence-corrected chi connectivity index (χ3v) is 3.47. The maximum Gasteiger partial charge on any atom is 0.227 e. The van der Waals surface area contributed by atoms with Gasteiger partial charge in [-0.25, -0.2) is 0 Å². The topological polar surface area (TPSA) is 52.6 Å². The number of aliphatic hydroxyl groups is 1. The molecule has 1 amide bonds. The van der Waals surface area contributed by atoms with Gasteiger partial charge in [0, 0.05) is 25.7 Å². The maximum atomic E-state index is 12.3. The van der Waals surface area contributed by atoms with E-state index in [-0.39, 0.29) is 18.4 Å². The number of amides is 1. The normalized spacial score (nSPS) is 24.6. The zero-order chi connectivity index (χ0) is 12.7. The van der Waals surface area contributed by atoms with Crippen molar-refractivity contribution in [2.45, 2.75) is 45.6 Å². The van der Waals surface area contributed by atoms with Gasteiger partial charge in [0.25, 0.3) is 0 Å². The van der Waals surface area contributed by atoms with Crippen LogP contribution in [0.1, 0.15) is 39.5 Å². The predicted octanol–water partition coefficient (Wildman–Crippen LogP) is 0.995. The fourth-order valence-corrected chi connectivity index (χ4v) is 2.27. The molecule has 0 aromatic rings. The molecule has 100 valence electrons. The van der Waals surface area contributed by atoms with E-state index in [1.54, 1.807) is 0 Å². The van der Waals surface area contributed by atoms with Gasteiger partial charge in [0.15, 0.2) is 0 Å². The highest BCUT2D eigenvalue weighted by Crippen LogP contribution is 2.17. The van der Waals surface area contributed by atoms with E-state index in [9.17, 15) is 4.79 Å². The Kier molecular flexibility index (Phi) is 6.52. The summed E-state index contributed by atoms with van der Waals surface area (Å²) in [6.45, 7) is 6.38. The summed E-state index contributed by atoms with van der Waals surface area (Å²) in [6.07, 6.45) is 4.13. The number of carbonyl (C=O) groups excluding carboxylic acids is 1. The molecule has 1 heterocycles. The highest BCUT2D eigenvalue weighted by Gasteiger charge is 2.27. The third-order valence-electron chi connectivity index (χ3n) is 3.47. The largest absolute Gasteiger partial charge is 0.395 e. The molecule has 1 rings (SSSR count). The van der Waals surface area contributed by atoms with E-state index in [1.165, 1.54) is 0 Å². The van der Waals surface area contributed by atoms with Gasteiger partial charge in [0.1, 0.15) is 0 Å². The van der Waals surface area contributed by atoms with Crippen molar-refractivity contribution < 1.29 is 9.90 Å². The summed E-state index contributed by atoms with van der Waals surface area (Å²) in [5.74, 6) is 0.321. The number of piperidine rings is 1. The summed E-state index contributed by atoms with van der Waals surface area (Å²) in [6, 6.07) is 0.529. The van der Waals surface area contributed by atoms with Gasteiger partial charge in [-0.05, 0) is 26.2 Å². The third kappa shape index (κ3) is 4.64. The quantitative estimate of drug-likeness (QED) is 0.730. The van der Waals surface area contributed by atoms with Crippen LogP contribution < -0.4 is 5.32 Å². The van der Waals surface area contributed by atoms with Crippen LogP contribution in [-0.4, -0.2) is 48.2 Å². The first-order valence-corrected chi connectivity index (χ1v) is 6.82. The van der Waals surface area contributed by atoms with E-state index < -0.39 is 0 Å². The lowest BCUT2D eigenvalue weighted by Gasteiger charge is -2.31. The molecule has 1 aliphatic rings. The van der Waals surface area contributed by atoms with E-state index in [2.05, 4.69) is 19.2 Å². The molecule has 0 aliphatic carbocycles. The molecule has 0 saturated carbocycles. The standard InChI is InChI=1S/C13H26N2O2/c1-3-4-7-15(8-9-16)13(17)12-6-5-11(2)14-10-12/h11-12,14,16H,3-10H2,1-2H3. The van der Waals surface area contributed by atoms with Crippen molar-refractivity contribution in [2.24, 2.45) is 5.92 Å². The summed E-state index contributed by atoms with van der Waals surface area (Å²) in [4.78, 5) is 14.1. The molecule has 17 heavy (non-hydrogen) atoms. The van der Waals surface area contributed by atoms with Crippen LogP contribution in [-0.2, 0) is 4.79 Å². The Morgan fingerprint density at radius 3 is 2.71 bits per heavy atom. The number of rotatable bonds is 6. The number of carbonyl (C=O) groups is 1. The molecule has 2 atom stereocenters. The average molecular weight is 242 g/mol. The number of unbranched alkanes of at least 4 members (excludes halogenated alkanes) is 1. The molecule has 1 aliphatic heterocycles. The molecule has 1 saturated heterocycles. The summed E-state index contributed by atoms with van der Waals surface area (Å²) < 4.78 is 0. The number of hydrogen-bond donors (Lipinski definition) is 2. The Morgan fingerprint density at radius 2 is 2.18 bits per heavy atom. The van der Waals surface area contributed by atoms with Crippen LogP contribution >= 0.6 is 0 Å². The molecule has 0 bridgehead atoms. The second-order valence-corrected chi connectivity index (χ2v) is 4.99. The van der Waals surface area contributed by atoms with E-state index in [4.69, 9.17) is 5.11 Å². The van der Waals surface area contributed by atoms with Gasteiger partial charge in [-0.15, -0.1) is 0 Å². The number of nitrogens with zero attached hydrogens (tertiary/aromatic N) is 1. The summed E-state index contributed by atoms with van der Waals surface area (Å²) in [7, 11) is 0. The van der Waals surface area contributed by atoms with Crippen molar-refractivity contribution in [1.82, 2.24) is 10.2 Å². The fourth-order valence-electron chi connectivity index (χ4n) is 2.27. The van der Waals surface area contributed by atoms with E-state index in [0.717, 1.165) is 38.8 Å². The molecule has 1 fully saturated rings. The van der Waals surface area contributed by atoms with Gasteiger partial charge in [-0.2, -0.15) is 0 Å². The Bertz CT molecular complexity index is 225. The zero-order valence-electron chi connectivity index (χ0n) is 11.1. The second-order valence-electron chi connectivity index (χ2n) is 4.99. The van der Waals surface area contributed by atoms with Crippen LogP contribution in [0.5, 0.6) is 0 Å². The Balaban J connectivity index is 2.45. The number of aliphatic hydroxyl groups excluding tert-OH is 1. The fraction of sp³-hybridized carbons (Fsp3) is 0.923. The maximum absolute atomic E-state index is 12.3. The van der Waals surface area contributed by atoms with Crippen LogP contribution in [0.3, 0.4) is 0 Å².